The van der Waals surface area contributed by atoms with Crippen molar-refractivity contribution in [3.05, 3.63) is 48.2 Å². The first kappa shape index (κ1) is 20.1. The smallest absolute Gasteiger partial charge is 0.255 e. The molecule has 2 aromatic rings. The number of benzene rings is 1. The molecular formula is C22H31N5O. The minimum absolute atomic E-state index is 0.111. The molecule has 0 atom stereocenters. The lowest BCUT2D eigenvalue weighted by molar-refractivity contribution is 0.102. The summed E-state index contributed by atoms with van der Waals surface area (Å²) >= 11 is 0. The number of pyridine rings is 1. The van der Waals surface area contributed by atoms with Gasteiger partial charge in [0.15, 0.2) is 0 Å². The second-order valence-corrected chi connectivity index (χ2v) is 7.47. The van der Waals surface area contributed by atoms with E-state index in [1.807, 2.05) is 25.2 Å². The van der Waals surface area contributed by atoms with Crippen molar-refractivity contribution >= 4 is 23.1 Å². The van der Waals surface area contributed by atoms with Crippen molar-refractivity contribution in [3.8, 4) is 0 Å². The second-order valence-electron chi connectivity index (χ2n) is 7.47. The van der Waals surface area contributed by atoms with Crippen LogP contribution in [0.15, 0.2) is 42.6 Å². The van der Waals surface area contributed by atoms with Crippen LogP contribution in [0, 0.1) is 0 Å². The number of hydrogen-bond donors (Lipinski definition) is 1. The van der Waals surface area contributed by atoms with E-state index >= 15 is 0 Å². The first-order valence-electron chi connectivity index (χ1n) is 10.1. The van der Waals surface area contributed by atoms with Crippen LogP contribution in [0.25, 0.3) is 0 Å². The van der Waals surface area contributed by atoms with E-state index in [0.717, 1.165) is 57.1 Å². The lowest BCUT2D eigenvalue weighted by atomic mass is 10.2. The Bertz CT molecular complexity index is 769. The highest BCUT2D eigenvalue weighted by Gasteiger charge is 2.14. The Hall–Kier alpha value is -2.60. The van der Waals surface area contributed by atoms with Crippen LogP contribution in [-0.4, -0.2) is 62.6 Å². The minimum atomic E-state index is -0.111. The summed E-state index contributed by atoms with van der Waals surface area (Å²) in [5, 5.41) is 2.99. The summed E-state index contributed by atoms with van der Waals surface area (Å²) in [5.74, 6) is 0.714. The molecule has 0 unspecified atom stereocenters. The lowest BCUT2D eigenvalue weighted by Crippen LogP contribution is -2.44. The molecule has 1 N–H and O–H groups in total. The zero-order valence-corrected chi connectivity index (χ0v) is 17.2. The number of amides is 1. The molecule has 1 amide bonds. The third kappa shape index (κ3) is 5.23. The number of rotatable bonds is 7. The molecule has 6 nitrogen and oxygen atoms in total. The van der Waals surface area contributed by atoms with Crippen molar-refractivity contribution in [2.45, 2.75) is 19.8 Å². The van der Waals surface area contributed by atoms with Crippen LogP contribution in [-0.2, 0) is 0 Å². The van der Waals surface area contributed by atoms with Gasteiger partial charge >= 0.3 is 0 Å². The fourth-order valence-electron chi connectivity index (χ4n) is 3.30. The quantitative estimate of drug-likeness (QED) is 0.797. The molecule has 0 radical (unpaired) electrons. The molecule has 28 heavy (non-hydrogen) atoms. The number of unbranched alkanes of at least 4 members (excludes halogenated alkanes) is 1. The van der Waals surface area contributed by atoms with Crippen LogP contribution in [0.3, 0.4) is 0 Å². The number of carbonyl (C=O) groups is 1. The molecule has 6 heteroatoms. The Morgan fingerprint density at radius 2 is 1.86 bits per heavy atom. The Morgan fingerprint density at radius 3 is 2.54 bits per heavy atom. The van der Waals surface area contributed by atoms with Gasteiger partial charge in [-0.05, 0) is 49.9 Å². The van der Waals surface area contributed by atoms with Gasteiger partial charge in [0.1, 0.15) is 5.82 Å². The molecule has 2 heterocycles. The molecule has 1 saturated heterocycles. The number of nitrogens with zero attached hydrogens (tertiary/aromatic N) is 4. The predicted molar refractivity (Wildman–Crippen MR) is 117 cm³/mol. The molecule has 1 aliphatic rings. The topological polar surface area (TPSA) is 51.7 Å². The van der Waals surface area contributed by atoms with E-state index in [0.29, 0.717) is 5.56 Å². The normalized spacial score (nSPS) is 14.8. The maximum absolute atomic E-state index is 12.7. The van der Waals surface area contributed by atoms with E-state index in [-0.39, 0.29) is 5.91 Å². The van der Waals surface area contributed by atoms with E-state index < -0.39 is 0 Å². The van der Waals surface area contributed by atoms with Gasteiger partial charge in [0.05, 0.1) is 0 Å². The van der Waals surface area contributed by atoms with E-state index in [4.69, 9.17) is 0 Å². The molecule has 0 saturated carbocycles. The third-order valence-electron chi connectivity index (χ3n) is 5.24. The van der Waals surface area contributed by atoms with Crippen LogP contribution in [0.5, 0.6) is 0 Å². The molecular weight excluding hydrogens is 350 g/mol. The number of piperazine rings is 1. The summed E-state index contributed by atoms with van der Waals surface area (Å²) in [6, 6.07) is 11.7. The molecule has 0 aliphatic carbocycles. The van der Waals surface area contributed by atoms with E-state index in [1.165, 1.54) is 5.69 Å². The highest BCUT2D eigenvalue weighted by atomic mass is 16.1. The summed E-state index contributed by atoms with van der Waals surface area (Å²) < 4.78 is 0. The zero-order chi connectivity index (χ0) is 19.9. The first-order valence-corrected chi connectivity index (χ1v) is 10.1. The fraction of sp³-hybridized carbons (Fsp3) is 0.455. The Labute approximate surface area is 168 Å². The number of anilines is 3. The summed E-state index contributed by atoms with van der Waals surface area (Å²) in [7, 11) is 4.17. The van der Waals surface area contributed by atoms with Crippen LogP contribution in [0.4, 0.5) is 17.2 Å². The molecule has 1 aromatic carbocycles. The van der Waals surface area contributed by atoms with Gasteiger partial charge in [-0.2, -0.15) is 0 Å². The predicted octanol–water partition coefficient (Wildman–Crippen LogP) is 3.32. The monoisotopic (exact) mass is 381 g/mol. The highest BCUT2D eigenvalue weighted by molar-refractivity contribution is 6.04. The van der Waals surface area contributed by atoms with Crippen LogP contribution in [0.1, 0.15) is 30.1 Å². The van der Waals surface area contributed by atoms with Crippen molar-refractivity contribution in [2.75, 3.05) is 61.9 Å². The maximum atomic E-state index is 12.7. The number of nitrogens with one attached hydrogen (secondary N) is 1. The zero-order valence-electron chi connectivity index (χ0n) is 17.2. The van der Waals surface area contributed by atoms with Gasteiger partial charge in [-0.3, -0.25) is 4.79 Å². The molecule has 1 aliphatic heterocycles. The van der Waals surface area contributed by atoms with Gasteiger partial charge < -0.3 is 20.0 Å². The minimum Gasteiger partial charge on any atom is -0.369 e. The number of aromatic nitrogens is 1. The van der Waals surface area contributed by atoms with E-state index in [1.54, 1.807) is 12.3 Å². The van der Waals surface area contributed by atoms with Crippen LogP contribution in [0.2, 0.25) is 0 Å². The standard InChI is InChI=1S/C22H31N5O/c1-4-5-12-26(3)21-17-18(10-11-23-21)22(28)24-19-6-8-20(9-7-19)27-15-13-25(2)14-16-27/h6-11,17H,4-5,12-16H2,1-3H3,(H,24,28). The molecule has 0 spiro atoms. The number of hydrogen-bond acceptors (Lipinski definition) is 5. The Balaban J connectivity index is 1.61. The van der Waals surface area contributed by atoms with Gasteiger partial charge in [0.2, 0.25) is 0 Å². The van der Waals surface area contributed by atoms with Gasteiger partial charge in [-0.15, -0.1) is 0 Å². The second kappa shape index (κ2) is 9.55. The SMILES string of the molecule is CCCCN(C)c1cc(C(=O)Nc2ccc(N3CCN(C)CC3)cc2)ccn1. The first-order chi connectivity index (χ1) is 13.6. The summed E-state index contributed by atoms with van der Waals surface area (Å²) in [5.41, 5.74) is 2.63. The molecule has 0 bridgehead atoms. The number of likely N-dealkylation sites (N-methyl/N-ethyl adjacent to an activating group) is 1. The molecule has 1 fully saturated rings. The van der Waals surface area contributed by atoms with Crippen molar-refractivity contribution < 1.29 is 4.79 Å². The lowest BCUT2D eigenvalue weighted by Gasteiger charge is -2.34. The molecule has 3 rings (SSSR count). The molecule has 1 aromatic heterocycles. The maximum Gasteiger partial charge on any atom is 0.255 e. The molecule has 150 valence electrons. The van der Waals surface area contributed by atoms with E-state index in [2.05, 4.69) is 51.1 Å². The van der Waals surface area contributed by atoms with Crippen molar-refractivity contribution in [1.29, 1.82) is 0 Å². The van der Waals surface area contributed by atoms with Gasteiger partial charge in [-0.25, -0.2) is 4.98 Å². The summed E-state index contributed by atoms with van der Waals surface area (Å²) in [6.07, 6.45) is 3.94. The number of carbonyl (C=O) groups excluding carboxylic acids is 1. The van der Waals surface area contributed by atoms with Gasteiger partial charge in [0, 0.05) is 62.9 Å². The Morgan fingerprint density at radius 1 is 1.14 bits per heavy atom. The highest BCUT2D eigenvalue weighted by Crippen LogP contribution is 2.20. The van der Waals surface area contributed by atoms with Gasteiger partial charge in [0.25, 0.3) is 5.91 Å². The van der Waals surface area contributed by atoms with E-state index in [9.17, 15) is 4.79 Å². The average Bonchev–Trinajstić information content (AvgIpc) is 2.73. The van der Waals surface area contributed by atoms with Crippen molar-refractivity contribution in [2.24, 2.45) is 0 Å². The summed E-state index contributed by atoms with van der Waals surface area (Å²) in [6.45, 7) is 7.33. The van der Waals surface area contributed by atoms with Crippen LogP contribution < -0.4 is 15.1 Å². The fourth-order valence-corrected chi connectivity index (χ4v) is 3.30. The summed E-state index contributed by atoms with van der Waals surface area (Å²) in [4.78, 5) is 23.9. The van der Waals surface area contributed by atoms with Crippen molar-refractivity contribution in [1.82, 2.24) is 9.88 Å². The largest absolute Gasteiger partial charge is 0.369 e. The third-order valence-corrected chi connectivity index (χ3v) is 5.24. The van der Waals surface area contributed by atoms with Crippen LogP contribution >= 0.6 is 0 Å². The van der Waals surface area contributed by atoms with Gasteiger partial charge in [-0.1, -0.05) is 13.3 Å². The average molecular weight is 382 g/mol. The Kier molecular flexibility index (Phi) is 6.87. The van der Waals surface area contributed by atoms with Crippen molar-refractivity contribution in [3.63, 3.8) is 0 Å².